The van der Waals surface area contributed by atoms with Gasteiger partial charge in [-0.3, -0.25) is 9.48 Å². The van der Waals surface area contributed by atoms with Crippen molar-refractivity contribution in [3.63, 3.8) is 0 Å². The lowest BCUT2D eigenvalue weighted by Crippen LogP contribution is -2.43. The van der Waals surface area contributed by atoms with Crippen LogP contribution in [0.5, 0.6) is 0 Å². The number of carbonyl (C=O) groups excluding carboxylic acids is 2. The fraction of sp³-hybridized carbons (Fsp3) is 0.409. The molecule has 2 N–H and O–H groups in total. The van der Waals surface area contributed by atoms with Crippen LogP contribution < -0.4 is 4.90 Å². The Morgan fingerprint density at radius 2 is 1.70 bits per heavy atom. The first-order valence-electron chi connectivity index (χ1n) is 9.86. The molecule has 0 saturated carbocycles. The first kappa shape index (κ1) is 21.4. The molecular formula is C22H28N6O2. The molecule has 1 aromatic heterocycles. The SMILES string of the molecule is CC(=N)C(Cn1cc(N2C(=O)N(Cc3ccc(C)cc3)C(C)(C)C2=O)cn1)C(C)=N. The summed E-state index contributed by atoms with van der Waals surface area (Å²) in [6.45, 7) is 9.47. The number of imide groups is 1. The van der Waals surface area contributed by atoms with E-state index in [0.717, 1.165) is 11.1 Å². The fourth-order valence-electron chi connectivity index (χ4n) is 3.56. The predicted molar refractivity (Wildman–Crippen MR) is 116 cm³/mol. The molecule has 3 amide bonds. The van der Waals surface area contributed by atoms with Crippen molar-refractivity contribution in [2.75, 3.05) is 4.90 Å². The molecule has 1 saturated heterocycles. The Morgan fingerprint density at radius 3 is 2.27 bits per heavy atom. The van der Waals surface area contributed by atoms with Gasteiger partial charge in [-0.15, -0.1) is 0 Å². The summed E-state index contributed by atoms with van der Waals surface area (Å²) in [4.78, 5) is 29.0. The number of hydrogen-bond acceptors (Lipinski definition) is 5. The molecule has 0 spiro atoms. The van der Waals surface area contributed by atoms with Crippen molar-refractivity contribution in [2.45, 2.75) is 53.2 Å². The van der Waals surface area contributed by atoms with Crippen molar-refractivity contribution in [1.82, 2.24) is 14.7 Å². The van der Waals surface area contributed by atoms with E-state index in [2.05, 4.69) is 5.10 Å². The van der Waals surface area contributed by atoms with Gasteiger partial charge in [0.2, 0.25) is 0 Å². The van der Waals surface area contributed by atoms with E-state index in [1.165, 1.54) is 11.1 Å². The molecule has 158 valence electrons. The van der Waals surface area contributed by atoms with Gasteiger partial charge in [0.1, 0.15) is 5.54 Å². The second kappa shape index (κ2) is 7.85. The van der Waals surface area contributed by atoms with Crippen molar-refractivity contribution < 1.29 is 9.59 Å². The largest absolute Gasteiger partial charge is 0.332 e. The number of nitrogens with one attached hydrogen (secondary N) is 2. The van der Waals surface area contributed by atoms with Crippen LogP contribution >= 0.6 is 0 Å². The third-order valence-corrected chi connectivity index (χ3v) is 5.58. The lowest BCUT2D eigenvalue weighted by Gasteiger charge is -2.27. The lowest BCUT2D eigenvalue weighted by atomic mass is 10.00. The van der Waals surface area contributed by atoms with Gasteiger partial charge in [0.15, 0.2) is 0 Å². The molecule has 2 heterocycles. The number of urea groups is 1. The Hall–Kier alpha value is -3.29. The van der Waals surface area contributed by atoms with E-state index in [9.17, 15) is 9.59 Å². The standard InChI is InChI=1S/C22H28N6O2/c1-14-6-8-17(9-7-14)11-27-21(30)28(20(29)22(27,4)5)18-10-25-26(12-18)13-19(15(2)23)16(3)24/h6-10,12,19,23-24H,11,13H2,1-5H3. The van der Waals surface area contributed by atoms with Gasteiger partial charge in [-0.1, -0.05) is 29.8 Å². The Bertz CT molecular complexity index is 991. The van der Waals surface area contributed by atoms with Crippen LogP contribution in [0.15, 0.2) is 36.7 Å². The number of hydrogen-bond donors (Lipinski definition) is 2. The van der Waals surface area contributed by atoms with E-state index >= 15 is 0 Å². The van der Waals surface area contributed by atoms with Crippen molar-refractivity contribution in [3.05, 3.63) is 47.8 Å². The Kier molecular flexibility index (Phi) is 5.61. The van der Waals surface area contributed by atoms with E-state index in [1.54, 1.807) is 43.5 Å². The van der Waals surface area contributed by atoms with Crippen LogP contribution in [-0.2, 0) is 17.9 Å². The second-order valence-electron chi connectivity index (χ2n) is 8.39. The zero-order valence-electron chi connectivity index (χ0n) is 18.1. The third kappa shape index (κ3) is 3.90. The third-order valence-electron chi connectivity index (χ3n) is 5.58. The highest BCUT2D eigenvalue weighted by Gasteiger charge is 2.52. The Balaban J connectivity index is 1.84. The van der Waals surface area contributed by atoms with Gasteiger partial charge >= 0.3 is 6.03 Å². The molecule has 3 rings (SSSR count). The summed E-state index contributed by atoms with van der Waals surface area (Å²) in [5.74, 6) is -0.667. The molecular weight excluding hydrogens is 380 g/mol. The number of rotatable bonds is 7. The van der Waals surface area contributed by atoms with E-state index in [1.807, 2.05) is 31.2 Å². The van der Waals surface area contributed by atoms with Crippen LogP contribution in [0, 0.1) is 23.7 Å². The number of anilines is 1. The Labute approximate surface area is 176 Å². The highest BCUT2D eigenvalue weighted by Crippen LogP contribution is 2.33. The first-order valence-corrected chi connectivity index (χ1v) is 9.86. The fourth-order valence-corrected chi connectivity index (χ4v) is 3.56. The highest BCUT2D eigenvalue weighted by atomic mass is 16.2. The van der Waals surface area contributed by atoms with E-state index in [-0.39, 0.29) is 17.9 Å². The van der Waals surface area contributed by atoms with Gasteiger partial charge in [-0.05, 0) is 40.2 Å². The maximum atomic E-state index is 13.2. The molecule has 1 aliphatic rings. The minimum Gasteiger partial charge on any atom is -0.309 e. The van der Waals surface area contributed by atoms with Gasteiger partial charge in [-0.25, -0.2) is 9.69 Å². The van der Waals surface area contributed by atoms with Crippen molar-refractivity contribution >= 4 is 29.0 Å². The van der Waals surface area contributed by atoms with Crippen LogP contribution in [0.4, 0.5) is 10.5 Å². The maximum Gasteiger partial charge on any atom is 0.332 e. The topological polar surface area (TPSA) is 106 Å². The summed E-state index contributed by atoms with van der Waals surface area (Å²) < 4.78 is 1.58. The smallest absolute Gasteiger partial charge is 0.309 e. The van der Waals surface area contributed by atoms with Crippen LogP contribution in [0.25, 0.3) is 0 Å². The van der Waals surface area contributed by atoms with Crippen molar-refractivity contribution in [1.29, 1.82) is 10.8 Å². The quantitative estimate of drug-likeness (QED) is 0.539. The van der Waals surface area contributed by atoms with Gasteiger partial charge in [0.05, 0.1) is 24.3 Å². The Morgan fingerprint density at radius 1 is 1.10 bits per heavy atom. The number of carbonyl (C=O) groups is 2. The van der Waals surface area contributed by atoms with Gasteiger partial charge < -0.3 is 15.7 Å². The van der Waals surface area contributed by atoms with Gasteiger partial charge in [0, 0.05) is 24.2 Å². The van der Waals surface area contributed by atoms with Crippen molar-refractivity contribution in [3.8, 4) is 0 Å². The van der Waals surface area contributed by atoms with Gasteiger partial charge in [0.25, 0.3) is 5.91 Å². The van der Waals surface area contributed by atoms with Crippen LogP contribution in [0.1, 0.15) is 38.8 Å². The van der Waals surface area contributed by atoms with Crippen LogP contribution in [0.3, 0.4) is 0 Å². The zero-order valence-corrected chi connectivity index (χ0v) is 18.1. The molecule has 1 aliphatic heterocycles. The monoisotopic (exact) mass is 408 g/mol. The van der Waals surface area contributed by atoms with Crippen LogP contribution in [0.2, 0.25) is 0 Å². The summed E-state index contributed by atoms with van der Waals surface area (Å²) in [7, 11) is 0. The van der Waals surface area contributed by atoms with Gasteiger partial charge in [-0.2, -0.15) is 5.10 Å². The molecule has 0 aliphatic carbocycles. The average Bonchev–Trinajstić information content (AvgIpc) is 3.18. The lowest BCUT2D eigenvalue weighted by molar-refractivity contribution is -0.123. The zero-order chi connectivity index (χ0) is 22.2. The minimum absolute atomic E-state index is 0.304. The molecule has 0 unspecified atom stereocenters. The molecule has 30 heavy (non-hydrogen) atoms. The number of amides is 3. The number of aryl methyl sites for hydroxylation is 1. The number of benzene rings is 1. The summed E-state index contributed by atoms with van der Waals surface area (Å²) in [5, 5.41) is 20.0. The normalized spacial score (nSPS) is 16.8. The molecule has 0 atom stereocenters. The summed E-state index contributed by atoms with van der Waals surface area (Å²) >= 11 is 0. The molecule has 0 bridgehead atoms. The van der Waals surface area contributed by atoms with E-state index < -0.39 is 5.54 Å². The second-order valence-corrected chi connectivity index (χ2v) is 8.39. The van der Waals surface area contributed by atoms with E-state index in [4.69, 9.17) is 10.8 Å². The highest BCUT2D eigenvalue weighted by molar-refractivity contribution is 6.22. The summed E-state index contributed by atoms with van der Waals surface area (Å²) in [6, 6.07) is 7.51. The number of aromatic nitrogens is 2. The average molecular weight is 409 g/mol. The van der Waals surface area contributed by atoms with Crippen molar-refractivity contribution in [2.24, 2.45) is 5.92 Å². The molecule has 8 nitrogen and oxygen atoms in total. The molecule has 2 aromatic rings. The molecule has 0 radical (unpaired) electrons. The number of nitrogens with zero attached hydrogens (tertiary/aromatic N) is 4. The summed E-state index contributed by atoms with van der Waals surface area (Å²) in [6.07, 6.45) is 3.11. The first-order chi connectivity index (χ1) is 14.0. The maximum absolute atomic E-state index is 13.2. The molecule has 1 fully saturated rings. The summed E-state index contributed by atoms with van der Waals surface area (Å²) in [5.41, 5.74) is 2.25. The molecule has 8 heteroatoms. The predicted octanol–water partition coefficient (Wildman–Crippen LogP) is 3.63. The minimum atomic E-state index is -0.982. The molecule has 1 aromatic carbocycles. The van der Waals surface area contributed by atoms with E-state index in [0.29, 0.717) is 30.2 Å². The van der Waals surface area contributed by atoms with Crippen LogP contribution in [-0.4, -0.2) is 43.6 Å².